The molecule has 1 amide bonds. The molecule has 2 N–H and O–H groups in total. The molecule has 7 heteroatoms. The molecule has 1 aliphatic rings. The maximum absolute atomic E-state index is 12.4. The van der Waals surface area contributed by atoms with E-state index in [1.54, 1.807) is 17.9 Å². The summed E-state index contributed by atoms with van der Waals surface area (Å²) in [7, 11) is 3.58. The highest BCUT2D eigenvalue weighted by Gasteiger charge is 2.20. The lowest BCUT2D eigenvalue weighted by Crippen LogP contribution is -2.30. The zero-order valence-corrected chi connectivity index (χ0v) is 13.5. The molecular formula is C16H22N6O. The van der Waals surface area contributed by atoms with E-state index in [1.807, 2.05) is 31.6 Å². The zero-order valence-electron chi connectivity index (χ0n) is 13.5. The van der Waals surface area contributed by atoms with E-state index in [1.165, 1.54) is 12.8 Å². The van der Waals surface area contributed by atoms with Gasteiger partial charge in [0, 0.05) is 31.9 Å². The Morgan fingerprint density at radius 1 is 1.26 bits per heavy atom. The van der Waals surface area contributed by atoms with Crippen LogP contribution in [-0.2, 0) is 11.8 Å². The average molecular weight is 314 g/mol. The molecule has 0 aliphatic carbocycles. The quantitative estimate of drug-likeness (QED) is 0.870. The van der Waals surface area contributed by atoms with E-state index in [0.717, 1.165) is 24.3 Å². The predicted molar refractivity (Wildman–Crippen MR) is 89.3 cm³/mol. The molecule has 1 saturated heterocycles. The van der Waals surface area contributed by atoms with Gasteiger partial charge in [0.15, 0.2) is 0 Å². The van der Waals surface area contributed by atoms with Crippen molar-refractivity contribution in [3.63, 3.8) is 0 Å². The lowest BCUT2D eigenvalue weighted by molar-refractivity contribution is -0.118. The van der Waals surface area contributed by atoms with E-state index in [0.29, 0.717) is 5.82 Å². The molecule has 3 rings (SSSR count). The van der Waals surface area contributed by atoms with Gasteiger partial charge in [-0.15, -0.1) is 0 Å². The number of nitrogens with zero attached hydrogens (tertiary/aromatic N) is 4. The summed E-state index contributed by atoms with van der Waals surface area (Å²) in [5.41, 5.74) is 1.93. The molecule has 1 aliphatic heterocycles. The highest BCUT2D eigenvalue weighted by Crippen LogP contribution is 2.21. The van der Waals surface area contributed by atoms with Crippen molar-refractivity contribution in [2.75, 3.05) is 30.4 Å². The van der Waals surface area contributed by atoms with Crippen LogP contribution in [0, 0.1) is 0 Å². The van der Waals surface area contributed by atoms with Crippen LogP contribution >= 0.6 is 0 Å². The summed E-state index contributed by atoms with van der Waals surface area (Å²) in [6.07, 6.45) is 7.79. The first kappa shape index (κ1) is 15.5. The van der Waals surface area contributed by atoms with Crippen molar-refractivity contribution < 1.29 is 4.79 Å². The number of anilines is 2. The van der Waals surface area contributed by atoms with E-state index in [-0.39, 0.29) is 5.91 Å². The standard InChI is InChI=1S/C16H22N6O/c1-17-15(12-9-19-21(2)11-12)16(23)20-14-6-5-13(10-18-14)22-7-3-4-8-22/h5-6,9-11,15,17H,3-4,7-8H2,1-2H3,(H,18,20,23). The van der Waals surface area contributed by atoms with Crippen molar-refractivity contribution in [2.45, 2.75) is 18.9 Å². The molecule has 0 spiro atoms. The molecule has 7 nitrogen and oxygen atoms in total. The molecule has 2 aromatic rings. The molecule has 0 aromatic carbocycles. The number of hydrogen-bond donors (Lipinski definition) is 2. The number of amides is 1. The second-order valence-corrected chi connectivity index (χ2v) is 5.75. The minimum Gasteiger partial charge on any atom is -0.370 e. The van der Waals surface area contributed by atoms with Crippen LogP contribution in [0.2, 0.25) is 0 Å². The Morgan fingerprint density at radius 3 is 2.61 bits per heavy atom. The first-order valence-corrected chi connectivity index (χ1v) is 7.85. The largest absolute Gasteiger partial charge is 0.370 e. The second-order valence-electron chi connectivity index (χ2n) is 5.75. The number of aromatic nitrogens is 3. The van der Waals surface area contributed by atoms with Gasteiger partial charge in [-0.05, 0) is 32.0 Å². The number of likely N-dealkylation sites (N-methyl/N-ethyl adjacent to an activating group) is 1. The molecule has 3 heterocycles. The summed E-state index contributed by atoms with van der Waals surface area (Å²) >= 11 is 0. The Balaban J connectivity index is 1.66. The first-order valence-electron chi connectivity index (χ1n) is 7.85. The molecule has 0 saturated carbocycles. The van der Waals surface area contributed by atoms with Crippen LogP contribution < -0.4 is 15.5 Å². The highest BCUT2D eigenvalue weighted by atomic mass is 16.2. The topological polar surface area (TPSA) is 75.1 Å². The van der Waals surface area contributed by atoms with Gasteiger partial charge in [0.05, 0.1) is 18.1 Å². The van der Waals surface area contributed by atoms with Crippen molar-refractivity contribution in [3.8, 4) is 0 Å². The molecule has 1 unspecified atom stereocenters. The maximum Gasteiger partial charge on any atom is 0.247 e. The van der Waals surface area contributed by atoms with Crippen LogP contribution in [0.1, 0.15) is 24.4 Å². The van der Waals surface area contributed by atoms with Crippen LogP contribution in [0.4, 0.5) is 11.5 Å². The summed E-state index contributed by atoms with van der Waals surface area (Å²) in [4.78, 5) is 19.1. The highest BCUT2D eigenvalue weighted by molar-refractivity contribution is 5.94. The summed E-state index contributed by atoms with van der Waals surface area (Å²) in [6.45, 7) is 2.16. The summed E-state index contributed by atoms with van der Waals surface area (Å²) in [6, 6.07) is 3.40. The summed E-state index contributed by atoms with van der Waals surface area (Å²) in [5, 5.41) is 9.96. The van der Waals surface area contributed by atoms with E-state index < -0.39 is 6.04 Å². The van der Waals surface area contributed by atoms with E-state index in [9.17, 15) is 4.79 Å². The van der Waals surface area contributed by atoms with Gasteiger partial charge in [0.1, 0.15) is 11.9 Å². The fourth-order valence-corrected chi connectivity index (χ4v) is 2.86. The van der Waals surface area contributed by atoms with E-state index in [2.05, 4.69) is 25.6 Å². The van der Waals surface area contributed by atoms with Crippen LogP contribution in [0.3, 0.4) is 0 Å². The number of aryl methyl sites for hydroxylation is 1. The van der Waals surface area contributed by atoms with Gasteiger partial charge in [-0.3, -0.25) is 9.48 Å². The molecule has 1 atom stereocenters. The van der Waals surface area contributed by atoms with E-state index in [4.69, 9.17) is 0 Å². The van der Waals surface area contributed by atoms with Gasteiger partial charge in [0.25, 0.3) is 0 Å². The molecular weight excluding hydrogens is 292 g/mol. The van der Waals surface area contributed by atoms with Gasteiger partial charge < -0.3 is 15.5 Å². The number of nitrogens with one attached hydrogen (secondary N) is 2. The smallest absolute Gasteiger partial charge is 0.247 e. The Morgan fingerprint density at radius 2 is 2.04 bits per heavy atom. The third kappa shape index (κ3) is 3.50. The number of carbonyl (C=O) groups is 1. The van der Waals surface area contributed by atoms with Crippen LogP contribution in [-0.4, -0.2) is 40.8 Å². The van der Waals surface area contributed by atoms with E-state index >= 15 is 0 Å². The Kier molecular flexibility index (Phi) is 4.57. The minimum atomic E-state index is -0.455. The first-order chi connectivity index (χ1) is 11.2. The van der Waals surface area contributed by atoms with Crippen molar-refractivity contribution in [2.24, 2.45) is 7.05 Å². The Hall–Kier alpha value is -2.41. The fraction of sp³-hybridized carbons (Fsp3) is 0.438. The number of hydrogen-bond acceptors (Lipinski definition) is 5. The van der Waals surface area contributed by atoms with Gasteiger partial charge in [-0.1, -0.05) is 0 Å². The molecule has 23 heavy (non-hydrogen) atoms. The number of pyridine rings is 1. The molecule has 2 aromatic heterocycles. The lowest BCUT2D eigenvalue weighted by Gasteiger charge is -2.18. The van der Waals surface area contributed by atoms with Crippen molar-refractivity contribution >= 4 is 17.4 Å². The molecule has 0 bridgehead atoms. The van der Waals surface area contributed by atoms with Crippen molar-refractivity contribution in [1.29, 1.82) is 0 Å². The van der Waals surface area contributed by atoms with Crippen LogP contribution in [0.25, 0.3) is 0 Å². The monoisotopic (exact) mass is 314 g/mol. The predicted octanol–water partition coefficient (Wildman–Crippen LogP) is 1.31. The van der Waals surface area contributed by atoms with Gasteiger partial charge in [0.2, 0.25) is 5.91 Å². The number of carbonyl (C=O) groups excluding carboxylic acids is 1. The third-order valence-electron chi connectivity index (χ3n) is 4.08. The SMILES string of the molecule is CNC(C(=O)Nc1ccc(N2CCCC2)cn1)c1cnn(C)c1. The second kappa shape index (κ2) is 6.78. The van der Waals surface area contributed by atoms with Gasteiger partial charge in [-0.25, -0.2) is 4.98 Å². The molecule has 122 valence electrons. The number of rotatable bonds is 5. The van der Waals surface area contributed by atoms with Crippen molar-refractivity contribution in [3.05, 3.63) is 36.3 Å². The summed E-state index contributed by atoms with van der Waals surface area (Å²) < 4.78 is 1.68. The van der Waals surface area contributed by atoms with Gasteiger partial charge >= 0.3 is 0 Å². The minimum absolute atomic E-state index is 0.151. The van der Waals surface area contributed by atoms with Crippen LogP contribution in [0.15, 0.2) is 30.7 Å². The Labute approximate surface area is 135 Å². The Bertz CT molecular complexity index is 659. The summed E-state index contributed by atoms with van der Waals surface area (Å²) in [5.74, 6) is 0.406. The van der Waals surface area contributed by atoms with Crippen molar-refractivity contribution in [1.82, 2.24) is 20.1 Å². The lowest BCUT2D eigenvalue weighted by atomic mass is 10.1. The fourth-order valence-electron chi connectivity index (χ4n) is 2.86. The molecule has 1 fully saturated rings. The third-order valence-corrected chi connectivity index (χ3v) is 4.08. The maximum atomic E-state index is 12.4. The molecule has 0 radical (unpaired) electrons. The average Bonchev–Trinajstić information content (AvgIpc) is 3.21. The normalized spacial score (nSPS) is 15.7. The zero-order chi connectivity index (χ0) is 16.2. The van der Waals surface area contributed by atoms with Crippen LogP contribution in [0.5, 0.6) is 0 Å². The van der Waals surface area contributed by atoms with Gasteiger partial charge in [-0.2, -0.15) is 5.10 Å².